The predicted molar refractivity (Wildman–Crippen MR) is 57.3 cm³/mol. The van der Waals surface area contributed by atoms with Gasteiger partial charge in [-0.15, -0.1) is 0 Å². The highest BCUT2D eigenvalue weighted by Crippen LogP contribution is 2.28. The molecule has 0 N–H and O–H groups in total. The highest BCUT2D eigenvalue weighted by molar-refractivity contribution is 7.17. The van der Waals surface area contributed by atoms with Crippen molar-refractivity contribution in [1.82, 2.24) is 0 Å². The molecule has 76 valence electrons. The number of hydrogen-bond acceptors (Lipinski definition) is 2. The average molecular weight is 210 g/mol. The third-order valence-electron chi connectivity index (χ3n) is 2.03. The van der Waals surface area contributed by atoms with E-state index in [-0.39, 0.29) is 14.8 Å². The first kappa shape index (κ1) is 11.4. The summed E-state index contributed by atoms with van der Waals surface area (Å²) in [5.41, 5.74) is 1.09. The first-order valence-corrected chi connectivity index (χ1v) is 5.50. The molecule has 0 aliphatic rings. The van der Waals surface area contributed by atoms with E-state index in [2.05, 4.69) is 13.8 Å². The Bertz CT molecular complexity index is 272. The molecule has 1 atom stereocenters. The highest BCUT2D eigenvalue weighted by Gasteiger charge is 2.13. The molecule has 0 radical (unpaired) electrons. The standard InChI is InChI=1S/C11H15O2P/c1-9(2)8-11(13-14-12)10-6-4-3-5-7-10/h3-7,9,11H,8H2,1-2H3. The van der Waals surface area contributed by atoms with Gasteiger partial charge in [-0.2, -0.15) is 0 Å². The van der Waals surface area contributed by atoms with Crippen LogP contribution < -0.4 is 0 Å². The smallest absolute Gasteiger partial charge is 0.286 e. The second-order valence-corrected chi connectivity index (χ2v) is 4.07. The lowest BCUT2D eigenvalue weighted by atomic mass is 10.00. The number of benzene rings is 1. The Morgan fingerprint density at radius 1 is 1.29 bits per heavy atom. The maximum Gasteiger partial charge on any atom is 0.327 e. The summed E-state index contributed by atoms with van der Waals surface area (Å²) < 4.78 is 15.6. The van der Waals surface area contributed by atoms with Crippen LogP contribution in [-0.2, 0) is 9.09 Å². The average Bonchev–Trinajstić information content (AvgIpc) is 2.18. The minimum Gasteiger partial charge on any atom is -0.286 e. The molecule has 0 aromatic heterocycles. The number of rotatable bonds is 5. The van der Waals surface area contributed by atoms with Crippen molar-refractivity contribution in [3.05, 3.63) is 35.9 Å². The third-order valence-corrected chi connectivity index (χ3v) is 2.37. The Morgan fingerprint density at radius 3 is 2.43 bits per heavy atom. The molecule has 0 saturated carbocycles. The van der Waals surface area contributed by atoms with E-state index >= 15 is 0 Å². The van der Waals surface area contributed by atoms with Crippen LogP contribution in [0.1, 0.15) is 31.9 Å². The summed E-state index contributed by atoms with van der Waals surface area (Å²) in [4.78, 5) is 0. The monoisotopic (exact) mass is 210 g/mol. The minimum atomic E-state index is -0.245. The lowest BCUT2D eigenvalue weighted by Crippen LogP contribution is -2.02. The molecule has 0 saturated heterocycles. The van der Waals surface area contributed by atoms with Crippen LogP contribution in [0.2, 0.25) is 0 Å². The summed E-state index contributed by atoms with van der Waals surface area (Å²) >= 11 is 0. The van der Waals surface area contributed by atoms with Crippen LogP contribution >= 0.6 is 8.69 Å². The van der Waals surface area contributed by atoms with E-state index in [9.17, 15) is 4.57 Å². The van der Waals surface area contributed by atoms with Gasteiger partial charge in [-0.25, -0.2) is 4.57 Å². The molecule has 2 nitrogen and oxygen atoms in total. The van der Waals surface area contributed by atoms with Crippen molar-refractivity contribution in [2.45, 2.75) is 26.4 Å². The molecule has 14 heavy (non-hydrogen) atoms. The molecule has 1 unspecified atom stereocenters. The molecule has 1 rings (SSSR count). The van der Waals surface area contributed by atoms with Gasteiger partial charge in [0.05, 0.1) is 6.10 Å². The van der Waals surface area contributed by atoms with Crippen molar-refractivity contribution < 1.29 is 9.09 Å². The van der Waals surface area contributed by atoms with Crippen LogP contribution in [0.15, 0.2) is 30.3 Å². The second kappa shape index (κ2) is 5.90. The molecule has 3 heteroatoms. The first-order chi connectivity index (χ1) is 6.74. The molecule has 0 bridgehead atoms. The fourth-order valence-corrected chi connectivity index (χ4v) is 1.70. The summed E-state index contributed by atoms with van der Waals surface area (Å²) in [6.45, 7) is 4.25. The van der Waals surface area contributed by atoms with Crippen molar-refractivity contribution in [2.75, 3.05) is 0 Å². The van der Waals surface area contributed by atoms with Crippen molar-refractivity contribution in [3.63, 3.8) is 0 Å². The van der Waals surface area contributed by atoms with E-state index in [0.717, 1.165) is 12.0 Å². The van der Waals surface area contributed by atoms with Crippen LogP contribution in [0.25, 0.3) is 0 Å². The molecule has 1 aromatic carbocycles. The van der Waals surface area contributed by atoms with E-state index in [4.69, 9.17) is 4.52 Å². The van der Waals surface area contributed by atoms with Crippen LogP contribution in [0.3, 0.4) is 0 Å². The molecule has 0 aliphatic carbocycles. The normalized spacial score (nSPS) is 13.4. The summed E-state index contributed by atoms with van der Waals surface area (Å²) in [5.74, 6) is 0.530. The predicted octanol–water partition coefficient (Wildman–Crippen LogP) is 4.00. The molecular weight excluding hydrogens is 195 g/mol. The van der Waals surface area contributed by atoms with Gasteiger partial charge in [0.15, 0.2) is 0 Å². The molecule has 0 amide bonds. The summed E-state index contributed by atoms with van der Waals surface area (Å²) in [5, 5.41) is 0. The Morgan fingerprint density at radius 2 is 1.93 bits per heavy atom. The Hall–Kier alpha value is -0.720. The number of hydrogen-bond donors (Lipinski definition) is 0. The Labute approximate surface area is 86.6 Å². The van der Waals surface area contributed by atoms with Gasteiger partial charge in [0.25, 0.3) is 0 Å². The molecule has 0 spiro atoms. The van der Waals surface area contributed by atoms with Crippen LogP contribution in [0.4, 0.5) is 0 Å². The Kier molecular flexibility index (Phi) is 4.78. The molecule has 0 aliphatic heterocycles. The van der Waals surface area contributed by atoms with E-state index < -0.39 is 0 Å². The Balaban J connectivity index is 2.72. The first-order valence-electron chi connectivity index (χ1n) is 4.77. The van der Waals surface area contributed by atoms with Crippen LogP contribution in [0, 0.1) is 5.92 Å². The van der Waals surface area contributed by atoms with Crippen LogP contribution in [0.5, 0.6) is 0 Å². The lowest BCUT2D eigenvalue weighted by molar-refractivity contribution is 0.197. The minimum absolute atomic E-state index is 0.0598. The summed E-state index contributed by atoms with van der Waals surface area (Å²) in [7, 11) is -0.245. The topological polar surface area (TPSA) is 26.3 Å². The lowest BCUT2D eigenvalue weighted by Gasteiger charge is -2.15. The molecule has 0 heterocycles. The SMILES string of the molecule is CC(C)CC(OP=O)c1ccccc1. The van der Waals surface area contributed by atoms with Crippen molar-refractivity contribution >= 4 is 8.69 Å². The fraction of sp³-hybridized carbons (Fsp3) is 0.455. The van der Waals surface area contributed by atoms with Crippen LogP contribution in [-0.4, -0.2) is 0 Å². The highest BCUT2D eigenvalue weighted by atomic mass is 31.1. The van der Waals surface area contributed by atoms with Gasteiger partial charge >= 0.3 is 8.69 Å². The van der Waals surface area contributed by atoms with Gasteiger partial charge in [0.1, 0.15) is 0 Å². The van der Waals surface area contributed by atoms with Gasteiger partial charge in [-0.3, -0.25) is 4.52 Å². The molecular formula is C11H15O2P. The summed E-state index contributed by atoms with van der Waals surface area (Å²) in [6.07, 6.45) is 0.828. The quantitative estimate of drug-likeness (QED) is 0.686. The van der Waals surface area contributed by atoms with Gasteiger partial charge in [0.2, 0.25) is 0 Å². The zero-order valence-electron chi connectivity index (χ0n) is 8.51. The van der Waals surface area contributed by atoms with Crippen molar-refractivity contribution in [1.29, 1.82) is 0 Å². The van der Waals surface area contributed by atoms with Gasteiger partial charge < -0.3 is 0 Å². The second-order valence-electron chi connectivity index (χ2n) is 3.71. The van der Waals surface area contributed by atoms with Gasteiger partial charge in [-0.05, 0) is 17.9 Å². The zero-order valence-corrected chi connectivity index (χ0v) is 9.41. The summed E-state index contributed by atoms with van der Waals surface area (Å²) in [6, 6.07) is 9.89. The van der Waals surface area contributed by atoms with Crippen molar-refractivity contribution in [2.24, 2.45) is 5.92 Å². The fourth-order valence-electron chi connectivity index (χ4n) is 1.39. The van der Waals surface area contributed by atoms with E-state index in [1.54, 1.807) is 0 Å². The largest absolute Gasteiger partial charge is 0.327 e. The zero-order chi connectivity index (χ0) is 10.4. The maximum absolute atomic E-state index is 10.4. The molecule has 1 aromatic rings. The third kappa shape index (κ3) is 3.57. The van der Waals surface area contributed by atoms with Gasteiger partial charge in [0, 0.05) is 0 Å². The van der Waals surface area contributed by atoms with Gasteiger partial charge in [-0.1, -0.05) is 44.2 Å². The van der Waals surface area contributed by atoms with Crippen molar-refractivity contribution in [3.8, 4) is 0 Å². The van der Waals surface area contributed by atoms with E-state index in [1.165, 1.54) is 0 Å². The van der Waals surface area contributed by atoms with E-state index in [1.807, 2.05) is 30.3 Å². The molecule has 0 fully saturated rings. The maximum atomic E-state index is 10.4. The van der Waals surface area contributed by atoms with E-state index in [0.29, 0.717) is 5.92 Å².